The Morgan fingerprint density at radius 1 is 1.09 bits per heavy atom. The van der Waals surface area contributed by atoms with Gasteiger partial charge in [-0.1, -0.05) is 44.2 Å². The fraction of sp³-hybridized carbons (Fsp3) is 0.250. The van der Waals surface area contributed by atoms with Crippen molar-refractivity contribution in [3.05, 3.63) is 65.0 Å². The lowest BCUT2D eigenvalue weighted by Crippen LogP contribution is -1.92. The van der Waals surface area contributed by atoms with Crippen LogP contribution in [0, 0.1) is 17.7 Å². The molecule has 1 nitrogen and oxygen atoms in total. The Labute approximate surface area is 142 Å². The first-order chi connectivity index (χ1) is 11.1. The fourth-order valence-electron chi connectivity index (χ4n) is 2.36. The molecule has 0 fully saturated rings. The van der Waals surface area contributed by atoms with Crippen molar-refractivity contribution in [1.29, 1.82) is 0 Å². The van der Waals surface area contributed by atoms with Crippen molar-refractivity contribution in [1.82, 2.24) is 0 Å². The summed E-state index contributed by atoms with van der Waals surface area (Å²) in [5.41, 5.74) is 3.03. The van der Waals surface area contributed by atoms with Gasteiger partial charge in [0.25, 0.3) is 0 Å². The predicted octanol–water partition coefficient (Wildman–Crippen LogP) is 5.86. The third-order valence-electron chi connectivity index (χ3n) is 3.67. The van der Waals surface area contributed by atoms with Crippen LogP contribution in [-0.2, 0) is 0 Å². The number of isothiocyanates is 1. The van der Waals surface area contributed by atoms with Gasteiger partial charge in [-0.2, -0.15) is 4.99 Å². The van der Waals surface area contributed by atoms with E-state index in [1.807, 2.05) is 12.1 Å². The number of rotatable bonds is 4. The molecule has 2 aromatic rings. The standard InChI is InChI=1S/C20H18FNS/c1-3-4-15(2)18-10-7-16(8-11-18)5-6-17-9-12-20(22-14-23)19(21)13-17/h7-13,15H,3-4H2,1-2H3. The number of benzene rings is 2. The molecule has 23 heavy (non-hydrogen) atoms. The van der Waals surface area contributed by atoms with Crippen molar-refractivity contribution in [3.63, 3.8) is 0 Å². The zero-order chi connectivity index (χ0) is 16.7. The molecule has 2 rings (SSSR count). The highest BCUT2D eigenvalue weighted by molar-refractivity contribution is 7.78. The number of nitrogens with zero attached hydrogens (tertiary/aromatic N) is 1. The van der Waals surface area contributed by atoms with E-state index in [2.05, 4.69) is 60.2 Å². The van der Waals surface area contributed by atoms with E-state index in [9.17, 15) is 4.39 Å². The van der Waals surface area contributed by atoms with Gasteiger partial charge in [0.15, 0.2) is 5.82 Å². The average Bonchev–Trinajstić information content (AvgIpc) is 2.56. The van der Waals surface area contributed by atoms with Crippen LogP contribution in [0.3, 0.4) is 0 Å². The Morgan fingerprint density at radius 2 is 1.74 bits per heavy atom. The summed E-state index contributed by atoms with van der Waals surface area (Å²) in [5, 5.41) is 2.16. The molecule has 2 aromatic carbocycles. The van der Waals surface area contributed by atoms with Crippen molar-refractivity contribution >= 4 is 23.1 Å². The van der Waals surface area contributed by atoms with Gasteiger partial charge in [-0.05, 0) is 60.5 Å². The summed E-state index contributed by atoms with van der Waals surface area (Å²) >= 11 is 4.48. The highest BCUT2D eigenvalue weighted by Crippen LogP contribution is 2.21. The van der Waals surface area contributed by atoms with Gasteiger partial charge in [-0.25, -0.2) is 4.39 Å². The number of aliphatic imine (C=N–C) groups is 1. The monoisotopic (exact) mass is 323 g/mol. The van der Waals surface area contributed by atoms with E-state index >= 15 is 0 Å². The molecule has 0 aliphatic heterocycles. The number of halogens is 1. The maximum Gasteiger partial charge on any atom is 0.150 e. The van der Waals surface area contributed by atoms with Crippen molar-refractivity contribution < 1.29 is 4.39 Å². The molecule has 0 bridgehead atoms. The molecule has 3 heteroatoms. The zero-order valence-electron chi connectivity index (χ0n) is 13.3. The minimum Gasteiger partial charge on any atom is -0.205 e. The maximum absolute atomic E-state index is 13.7. The third kappa shape index (κ3) is 4.86. The Hall–Kier alpha value is -2.27. The van der Waals surface area contributed by atoms with Crippen LogP contribution in [-0.4, -0.2) is 5.16 Å². The van der Waals surface area contributed by atoms with E-state index in [4.69, 9.17) is 0 Å². The van der Waals surface area contributed by atoms with E-state index in [0.717, 1.165) is 5.56 Å². The number of hydrogen-bond donors (Lipinski definition) is 0. The molecular formula is C20H18FNS. The quantitative estimate of drug-likeness (QED) is 0.390. The van der Waals surface area contributed by atoms with Gasteiger partial charge in [0, 0.05) is 11.1 Å². The summed E-state index contributed by atoms with van der Waals surface area (Å²) in [7, 11) is 0. The van der Waals surface area contributed by atoms with Crippen molar-refractivity contribution in [3.8, 4) is 11.8 Å². The minimum atomic E-state index is -0.446. The lowest BCUT2D eigenvalue weighted by molar-refractivity contribution is 0.629. The zero-order valence-corrected chi connectivity index (χ0v) is 14.1. The van der Waals surface area contributed by atoms with Crippen molar-refractivity contribution in [2.45, 2.75) is 32.6 Å². The largest absolute Gasteiger partial charge is 0.205 e. The third-order valence-corrected chi connectivity index (χ3v) is 3.76. The predicted molar refractivity (Wildman–Crippen MR) is 96.8 cm³/mol. The van der Waals surface area contributed by atoms with E-state index in [1.54, 1.807) is 12.1 Å². The molecule has 0 radical (unpaired) electrons. The Kier molecular flexibility index (Phi) is 6.23. The Balaban J connectivity index is 2.15. The van der Waals surface area contributed by atoms with Crippen molar-refractivity contribution in [2.24, 2.45) is 4.99 Å². The van der Waals surface area contributed by atoms with Crippen LogP contribution >= 0.6 is 12.2 Å². The molecule has 0 aromatic heterocycles. The highest BCUT2D eigenvalue weighted by atomic mass is 32.1. The van der Waals surface area contributed by atoms with Crippen LogP contribution in [0.5, 0.6) is 0 Å². The molecule has 0 aliphatic carbocycles. The Morgan fingerprint density at radius 3 is 2.35 bits per heavy atom. The second-order valence-electron chi connectivity index (χ2n) is 5.43. The van der Waals surface area contributed by atoms with Crippen molar-refractivity contribution in [2.75, 3.05) is 0 Å². The molecule has 0 heterocycles. The lowest BCUT2D eigenvalue weighted by Gasteiger charge is -2.09. The van der Waals surface area contributed by atoms with Crippen LogP contribution in [0.2, 0.25) is 0 Å². The molecule has 1 unspecified atom stereocenters. The van der Waals surface area contributed by atoms with Crippen LogP contribution < -0.4 is 0 Å². The lowest BCUT2D eigenvalue weighted by atomic mass is 9.96. The molecule has 0 saturated carbocycles. The first kappa shape index (κ1) is 17.1. The van der Waals surface area contributed by atoms with Gasteiger partial charge in [-0.15, -0.1) is 0 Å². The van der Waals surface area contributed by atoms with Crippen LogP contribution in [0.15, 0.2) is 47.5 Å². The maximum atomic E-state index is 13.7. The summed E-state index contributed by atoms with van der Waals surface area (Å²) in [4.78, 5) is 3.65. The fourth-order valence-corrected chi connectivity index (χ4v) is 2.46. The molecule has 0 saturated heterocycles. The number of hydrogen-bond acceptors (Lipinski definition) is 2. The van der Waals surface area contributed by atoms with E-state index in [-0.39, 0.29) is 5.69 Å². The molecule has 116 valence electrons. The number of thiocarbonyl (C=S) groups is 1. The summed E-state index contributed by atoms with van der Waals surface area (Å²) in [5.74, 6) is 6.14. The van der Waals surface area contributed by atoms with Crippen LogP contribution in [0.1, 0.15) is 49.3 Å². The van der Waals surface area contributed by atoms with Gasteiger partial charge in [0.1, 0.15) is 5.69 Å². The van der Waals surface area contributed by atoms with Gasteiger partial charge in [0.2, 0.25) is 0 Å². The first-order valence-electron chi connectivity index (χ1n) is 7.63. The van der Waals surface area contributed by atoms with Gasteiger partial charge in [0.05, 0.1) is 5.16 Å². The molecule has 0 spiro atoms. The van der Waals surface area contributed by atoms with E-state index < -0.39 is 5.82 Å². The second kappa shape index (κ2) is 8.39. The molecule has 0 amide bonds. The van der Waals surface area contributed by atoms with Gasteiger partial charge < -0.3 is 0 Å². The van der Waals surface area contributed by atoms with Gasteiger partial charge >= 0.3 is 0 Å². The molecule has 1 atom stereocenters. The Bertz CT molecular complexity index is 778. The molecule has 0 N–H and O–H groups in total. The smallest absolute Gasteiger partial charge is 0.150 e. The average molecular weight is 323 g/mol. The first-order valence-corrected chi connectivity index (χ1v) is 8.04. The summed E-state index contributed by atoms with van der Waals surface area (Å²) in [6.07, 6.45) is 2.36. The van der Waals surface area contributed by atoms with Crippen LogP contribution in [0.4, 0.5) is 10.1 Å². The topological polar surface area (TPSA) is 12.4 Å². The summed E-state index contributed by atoms with van der Waals surface area (Å²) < 4.78 is 13.7. The minimum absolute atomic E-state index is 0.180. The highest BCUT2D eigenvalue weighted by Gasteiger charge is 2.03. The second-order valence-corrected chi connectivity index (χ2v) is 5.61. The molecular weight excluding hydrogens is 305 g/mol. The molecule has 0 aliphatic rings. The van der Waals surface area contributed by atoms with Crippen LogP contribution in [0.25, 0.3) is 0 Å². The summed E-state index contributed by atoms with van der Waals surface area (Å²) in [6, 6.07) is 12.9. The van der Waals surface area contributed by atoms with E-state index in [1.165, 1.54) is 24.5 Å². The van der Waals surface area contributed by atoms with Gasteiger partial charge in [-0.3, -0.25) is 0 Å². The summed E-state index contributed by atoms with van der Waals surface area (Å²) in [6.45, 7) is 4.43. The SMILES string of the molecule is CCCC(C)c1ccc(C#Cc2ccc(N=C=S)c(F)c2)cc1. The normalized spacial score (nSPS) is 11.1. The van der Waals surface area contributed by atoms with E-state index in [0.29, 0.717) is 11.5 Å².